The van der Waals surface area contributed by atoms with Crippen molar-refractivity contribution in [2.24, 2.45) is 5.41 Å². The highest BCUT2D eigenvalue weighted by Gasteiger charge is 2.24. The van der Waals surface area contributed by atoms with Crippen LogP contribution in [0.5, 0.6) is 5.75 Å². The first-order valence-electron chi connectivity index (χ1n) is 9.02. The molecule has 0 radical (unpaired) electrons. The van der Waals surface area contributed by atoms with Crippen molar-refractivity contribution in [1.82, 2.24) is 4.57 Å². The van der Waals surface area contributed by atoms with Crippen LogP contribution >= 0.6 is 0 Å². The molecule has 0 fully saturated rings. The zero-order valence-corrected chi connectivity index (χ0v) is 16.5. The van der Waals surface area contributed by atoms with Crippen LogP contribution in [0.25, 0.3) is 10.9 Å². The molecule has 0 spiro atoms. The van der Waals surface area contributed by atoms with Gasteiger partial charge in [0.1, 0.15) is 5.75 Å². The molecule has 0 atom stereocenters. The molecule has 148 valence electrons. The van der Waals surface area contributed by atoms with Gasteiger partial charge in [-0.2, -0.15) is 0 Å². The molecule has 0 aliphatic rings. The van der Waals surface area contributed by atoms with Crippen LogP contribution in [0.1, 0.15) is 49.7 Å². The van der Waals surface area contributed by atoms with E-state index >= 15 is 0 Å². The Bertz CT molecular complexity index is 1020. The summed E-state index contributed by atoms with van der Waals surface area (Å²) < 4.78 is 7.19. The second kappa shape index (κ2) is 8.01. The maximum absolute atomic E-state index is 13.1. The fourth-order valence-electron chi connectivity index (χ4n) is 3.04. The smallest absolute Gasteiger partial charge is 0.195 e. The van der Waals surface area contributed by atoms with Gasteiger partial charge in [0.15, 0.2) is 11.6 Å². The van der Waals surface area contributed by atoms with Crippen LogP contribution in [0, 0.1) is 12.3 Å². The van der Waals surface area contributed by atoms with E-state index in [0.29, 0.717) is 16.9 Å². The summed E-state index contributed by atoms with van der Waals surface area (Å²) >= 11 is 0. The van der Waals surface area contributed by atoms with E-state index in [4.69, 9.17) is 4.74 Å². The van der Waals surface area contributed by atoms with E-state index in [9.17, 15) is 9.59 Å². The van der Waals surface area contributed by atoms with Crippen LogP contribution in [-0.4, -0.2) is 23.2 Å². The second-order valence-electron chi connectivity index (χ2n) is 7.93. The summed E-state index contributed by atoms with van der Waals surface area (Å²) in [6, 6.07) is 13.2. The molecule has 0 unspecified atom stereocenters. The summed E-state index contributed by atoms with van der Waals surface area (Å²) in [6.07, 6.45) is 1.79. The first kappa shape index (κ1) is 21.4. The molecule has 1 aromatic heterocycles. The van der Waals surface area contributed by atoms with Crippen molar-refractivity contribution >= 4 is 22.5 Å². The Morgan fingerprint density at radius 2 is 1.79 bits per heavy atom. The minimum Gasteiger partial charge on any atom is -0.497 e. The topological polar surface area (TPSA) is 48.3 Å². The highest BCUT2D eigenvalue weighted by Crippen LogP contribution is 2.29. The average Bonchev–Trinajstić information content (AvgIpc) is 2.98. The summed E-state index contributed by atoms with van der Waals surface area (Å²) in [5.74, 6) is 0.757. The summed E-state index contributed by atoms with van der Waals surface area (Å²) in [5.41, 5.74) is 2.65. The Balaban J connectivity index is 0.00000280. The van der Waals surface area contributed by atoms with Gasteiger partial charge in [-0.1, -0.05) is 52.0 Å². The van der Waals surface area contributed by atoms with E-state index in [1.807, 2.05) is 74.7 Å². The van der Waals surface area contributed by atoms with Crippen LogP contribution in [0.3, 0.4) is 0 Å². The molecule has 28 heavy (non-hydrogen) atoms. The molecule has 1 heterocycles. The number of methoxy groups -OCH3 is 1. The lowest BCUT2D eigenvalue weighted by atomic mass is 9.91. The van der Waals surface area contributed by atoms with Gasteiger partial charge < -0.3 is 9.30 Å². The van der Waals surface area contributed by atoms with Crippen molar-refractivity contribution in [2.45, 2.75) is 41.7 Å². The fraction of sp³-hybridized carbons (Fsp3) is 0.333. The number of ketones is 2. The van der Waals surface area contributed by atoms with Crippen molar-refractivity contribution < 1.29 is 14.3 Å². The highest BCUT2D eigenvalue weighted by atomic mass is 16.5. The average molecular weight is 380 g/mol. The Hall–Kier alpha value is -2.88. The first-order chi connectivity index (χ1) is 12.7. The zero-order valence-electron chi connectivity index (χ0n) is 16.5. The largest absolute Gasteiger partial charge is 0.497 e. The third-order valence-electron chi connectivity index (χ3n) is 4.76. The highest BCUT2D eigenvalue weighted by molar-refractivity contribution is 6.16. The summed E-state index contributed by atoms with van der Waals surface area (Å²) in [7, 11) is 1.60. The van der Waals surface area contributed by atoms with Crippen molar-refractivity contribution in [1.29, 1.82) is 0 Å². The second-order valence-corrected chi connectivity index (χ2v) is 7.93. The normalized spacial score (nSPS) is 11.2. The number of hydrogen-bond acceptors (Lipinski definition) is 3. The SMILES string of the molecule is C.COc1ccc2c(C(=O)c3cccc(C)c3)cn(CC(=O)C(C)(C)C)c2c1. The van der Waals surface area contributed by atoms with Crippen LogP contribution < -0.4 is 4.74 Å². The molecule has 0 saturated carbocycles. The van der Waals surface area contributed by atoms with Crippen LogP contribution in [0.15, 0.2) is 48.7 Å². The van der Waals surface area contributed by atoms with Gasteiger partial charge >= 0.3 is 0 Å². The number of Topliss-reactive ketones (excluding diaryl/α,β-unsaturated/α-hetero) is 1. The molecule has 3 rings (SSSR count). The lowest BCUT2D eigenvalue weighted by Crippen LogP contribution is -2.24. The Morgan fingerprint density at radius 3 is 2.39 bits per heavy atom. The van der Waals surface area contributed by atoms with Crippen LogP contribution in [0.4, 0.5) is 0 Å². The third kappa shape index (κ3) is 4.16. The lowest BCUT2D eigenvalue weighted by Gasteiger charge is -2.17. The van der Waals surface area contributed by atoms with Gasteiger partial charge in [0, 0.05) is 34.2 Å². The number of carbonyl (C=O) groups excluding carboxylic acids is 2. The number of benzene rings is 2. The Labute approximate surface area is 167 Å². The number of hydrogen-bond donors (Lipinski definition) is 0. The number of ether oxygens (including phenoxy) is 1. The summed E-state index contributed by atoms with van der Waals surface area (Å²) in [4.78, 5) is 25.7. The number of carbonyl (C=O) groups is 2. The molecule has 4 nitrogen and oxygen atoms in total. The van der Waals surface area contributed by atoms with Gasteiger partial charge in [-0.05, 0) is 25.1 Å². The maximum atomic E-state index is 13.1. The van der Waals surface area contributed by atoms with Crippen molar-refractivity contribution in [3.05, 3.63) is 65.4 Å². The van der Waals surface area contributed by atoms with Crippen molar-refractivity contribution in [2.75, 3.05) is 7.11 Å². The number of aryl methyl sites for hydroxylation is 1. The van der Waals surface area contributed by atoms with E-state index < -0.39 is 5.41 Å². The molecule has 0 saturated heterocycles. The molecular formula is C24H29NO3. The van der Waals surface area contributed by atoms with Gasteiger partial charge in [-0.3, -0.25) is 9.59 Å². The quantitative estimate of drug-likeness (QED) is 0.555. The van der Waals surface area contributed by atoms with E-state index in [1.54, 1.807) is 13.3 Å². The predicted molar refractivity (Wildman–Crippen MR) is 114 cm³/mol. The van der Waals surface area contributed by atoms with E-state index in [0.717, 1.165) is 16.5 Å². The predicted octanol–water partition coefficient (Wildman–Crippen LogP) is 5.44. The van der Waals surface area contributed by atoms with Gasteiger partial charge in [0.25, 0.3) is 0 Å². The lowest BCUT2D eigenvalue weighted by molar-refractivity contribution is -0.126. The fourth-order valence-corrected chi connectivity index (χ4v) is 3.04. The number of nitrogens with zero attached hydrogens (tertiary/aromatic N) is 1. The standard InChI is InChI=1S/C23H25NO3.CH4/c1-15-7-6-8-16(11-15)22(26)19-13-24(14-21(25)23(2,3)4)20-12-17(27-5)9-10-18(19)20;/h6-13H,14H2,1-5H3;1H4. The monoisotopic (exact) mass is 379 g/mol. The van der Waals surface area contributed by atoms with Gasteiger partial charge in [-0.15, -0.1) is 0 Å². The molecule has 3 aromatic rings. The number of rotatable bonds is 5. The van der Waals surface area contributed by atoms with Crippen molar-refractivity contribution in [3.8, 4) is 5.75 Å². The van der Waals surface area contributed by atoms with Crippen molar-refractivity contribution in [3.63, 3.8) is 0 Å². The molecule has 4 heteroatoms. The minimum absolute atomic E-state index is 0. The first-order valence-corrected chi connectivity index (χ1v) is 9.02. The van der Waals surface area contributed by atoms with Crippen LogP contribution in [-0.2, 0) is 11.3 Å². The summed E-state index contributed by atoms with van der Waals surface area (Å²) in [5, 5.41) is 0.823. The third-order valence-corrected chi connectivity index (χ3v) is 4.76. The Kier molecular flexibility index (Phi) is 6.13. The van der Waals surface area contributed by atoms with Crippen LogP contribution in [0.2, 0.25) is 0 Å². The van der Waals surface area contributed by atoms with E-state index in [2.05, 4.69) is 0 Å². The number of fused-ring (bicyclic) bond motifs is 1. The number of aromatic nitrogens is 1. The maximum Gasteiger partial charge on any atom is 0.195 e. The van der Waals surface area contributed by atoms with Gasteiger partial charge in [-0.25, -0.2) is 0 Å². The molecular weight excluding hydrogens is 350 g/mol. The summed E-state index contributed by atoms with van der Waals surface area (Å²) in [6.45, 7) is 7.89. The molecule has 0 aliphatic heterocycles. The molecule has 0 amide bonds. The minimum atomic E-state index is -0.448. The van der Waals surface area contributed by atoms with Gasteiger partial charge in [0.05, 0.1) is 19.2 Å². The molecule has 0 bridgehead atoms. The van der Waals surface area contributed by atoms with E-state index in [-0.39, 0.29) is 25.5 Å². The van der Waals surface area contributed by atoms with E-state index in [1.165, 1.54) is 0 Å². The molecule has 0 N–H and O–H groups in total. The molecule has 2 aromatic carbocycles. The molecule has 0 aliphatic carbocycles. The Morgan fingerprint density at radius 1 is 1.07 bits per heavy atom. The van der Waals surface area contributed by atoms with Gasteiger partial charge in [0.2, 0.25) is 0 Å². The zero-order chi connectivity index (χ0) is 19.8.